The van der Waals surface area contributed by atoms with Crippen LogP contribution in [0.15, 0.2) is 82.4 Å². The van der Waals surface area contributed by atoms with Crippen molar-refractivity contribution in [1.29, 1.82) is 0 Å². The van der Waals surface area contributed by atoms with Gasteiger partial charge in [0.2, 0.25) is 0 Å². The lowest BCUT2D eigenvalue weighted by Crippen LogP contribution is -2.18. The number of esters is 1. The number of hydrogen-bond donors (Lipinski definition) is 1. The van der Waals surface area contributed by atoms with E-state index in [0.717, 1.165) is 10.8 Å². The number of amides is 1. The molecule has 0 spiro atoms. The van der Waals surface area contributed by atoms with E-state index in [4.69, 9.17) is 32.7 Å². The van der Waals surface area contributed by atoms with Crippen molar-refractivity contribution in [3.8, 4) is 11.5 Å². The second-order valence-electron chi connectivity index (χ2n) is 7.50. The summed E-state index contributed by atoms with van der Waals surface area (Å²) in [5.74, 6) is -0.419. The molecule has 0 fully saturated rings. The molecule has 0 radical (unpaired) electrons. The van der Waals surface area contributed by atoms with Gasteiger partial charge in [0.1, 0.15) is 0 Å². The average Bonchev–Trinajstić information content (AvgIpc) is 2.85. The summed E-state index contributed by atoms with van der Waals surface area (Å²) in [7, 11) is 0. The zero-order chi connectivity index (χ0) is 25.7. The number of carbonyl (C=O) groups is 2. The van der Waals surface area contributed by atoms with Crippen LogP contribution in [-0.4, -0.2) is 24.7 Å². The van der Waals surface area contributed by atoms with Crippen LogP contribution in [0.2, 0.25) is 10.0 Å². The smallest absolute Gasteiger partial charge is 0.344 e. The Morgan fingerprint density at radius 2 is 1.78 bits per heavy atom. The van der Waals surface area contributed by atoms with E-state index in [1.807, 2.05) is 43.3 Å². The fourth-order valence-corrected chi connectivity index (χ4v) is 4.51. The van der Waals surface area contributed by atoms with E-state index < -0.39 is 11.9 Å². The molecule has 1 N–H and O–H groups in total. The van der Waals surface area contributed by atoms with E-state index in [-0.39, 0.29) is 16.3 Å². The first-order chi connectivity index (χ1) is 17.4. The highest BCUT2D eigenvalue weighted by Gasteiger charge is 2.19. The molecule has 4 aromatic rings. The molecule has 0 aliphatic heterocycles. The number of nitrogens with one attached hydrogen (secondary N) is 1. The average molecular weight is 586 g/mol. The fraction of sp³-hybridized carbons (Fsp3) is 0.0741. The largest absolute Gasteiger partial charge is 0.490 e. The summed E-state index contributed by atoms with van der Waals surface area (Å²) < 4.78 is 12.0. The van der Waals surface area contributed by atoms with Gasteiger partial charge in [-0.15, -0.1) is 0 Å². The molecule has 9 heteroatoms. The highest BCUT2D eigenvalue weighted by Crippen LogP contribution is 2.37. The van der Waals surface area contributed by atoms with Gasteiger partial charge in [0, 0.05) is 5.02 Å². The topological polar surface area (TPSA) is 77.0 Å². The minimum atomic E-state index is -0.512. The lowest BCUT2D eigenvalue weighted by atomic mass is 10.0. The normalized spacial score (nSPS) is 11.0. The maximum absolute atomic E-state index is 13.1. The van der Waals surface area contributed by atoms with Crippen LogP contribution in [0.5, 0.6) is 11.5 Å². The van der Waals surface area contributed by atoms with Crippen LogP contribution in [0.1, 0.15) is 33.2 Å². The lowest BCUT2D eigenvalue weighted by Gasteiger charge is -2.14. The first-order valence-corrected chi connectivity index (χ1v) is 12.4. The van der Waals surface area contributed by atoms with Gasteiger partial charge in [-0.25, -0.2) is 10.2 Å². The van der Waals surface area contributed by atoms with E-state index in [2.05, 4.69) is 26.5 Å². The van der Waals surface area contributed by atoms with Gasteiger partial charge in [-0.3, -0.25) is 4.79 Å². The molecule has 1 amide bonds. The standard InChI is InChI=1S/C27H19BrCl2N2O4/c1-2-35-24-13-16(15-31-32-26(33)21-11-10-18(29)14-23(21)30)12-22(28)25(24)36-27(34)20-9-5-7-17-6-3-4-8-19(17)20/h3-15H,2H2,1H3,(H,32,33)/b31-15-. The number of halogens is 3. The molecule has 0 unspecified atom stereocenters. The molecule has 182 valence electrons. The molecule has 0 aliphatic carbocycles. The van der Waals surface area contributed by atoms with Crippen LogP contribution < -0.4 is 14.9 Å². The third-order valence-corrected chi connectivity index (χ3v) is 6.23. The quantitative estimate of drug-likeness (QED) is 0.107. The van der Waals surface area contributed by atoms with Crippen LogP contribution in [0.3, 0.4) is 0 Å². The molecule has 6 nitrogen and oxygen atoms in total. The minimum Gasteiger partial charge on any atom is -0.490 e. The van der Waals surface area contributed by atoms with Crippen LogP contribution in [0.25, 0.3) is 10.8 Å². The number of benzene rings is 4. The van der Waals surface area contributed by atoms with Crippen LogP contribution >= 0.6 is 39.1 Å². The summed E-state index contributed by atoms with van der Waals surface area (Å²) in [5.41, 5.74) is 3.70. The third kappa shape index (κ3) is 5.87. The molecule has 0 aliphatic rings. The number of hydrazone groups is 1. The number of fused-ring (bicyclic) bond motifs is 1. The predicted molar refractivity (Wildman–Crippen MR) is 146 cm³/mol. The van der Waals surface area contributed by atoms with Crippen molar-refractivity contribution in [3.05, 3.63) is 104 Å². The van der Waals surface area contributed by atoms with Gasteiger partial charge >= 0.3 is 5.97 Å². The van der Waals surface area contributed by atoms with Crippen LogP contribution in [0.4, 0.5) is 0 Å². The van der Waals surface area contributed by atoms with Gasteiger partial charge in [0.05, 0.1) is 33.4 Å². The molecule has 0 aromatic heterocycles. The van der Waals surface area contributed by atoms with Crippen molar-refractivity contribution in [1.82, 2.24) is 5.43 Å². The zero-order valence-electron chi connectivity index (χ0n) is 18.9. The van der Waals surface area contributed by atoms with Crippen molar-refractivity contribution in [2.75, 3.05) is 6.61 Å². The number of rotatable bonds is 7. The van der Waals surface area contributed by atoms with E-state index in [9.17, 15) is 9.59 Å². The SMILES string of the molecule is CCOc1cc(/C=N\NC(=O)c2ccc(Cl)cc2Cl)cc(Br)c1OC(=O)c1cccc2ccccc12. The Balaban J connectivity index is 1.55. The number of nitrogens with zero attached hydrogens (tertiary/aromatic N) is 1. The van der Waals surface area contributed by atoms with E-state index >= 15 is 0 Å². The van der Waals surface area contributed by atoms with Crippen LogP contribution in [-0.2, 0) is 0 Å². The second-order valence-corrected chi connectivity index (χ2v) is 9.20. The van der Waals surface area contributed by atoms with E-state index in [1.54, 1.807) is 24.3 Å². The molecule has 0 heterocycles. The summed E-state index contributed by atoms with van der Waals surface area (Å²) in [6, 6.07) is 20.9. The monoisotopic (exact) mass is 584 g/mol. The first kappa shape index (κ1) is 25.7. The van der Waals surface area contributed by atoms with Gasteiger partial charge < -0.3 is 9.47 Å². The number of hydrogen-bond acceptors (Lipinski definition) is 5. The molecule has 0 bridgehead atoms. The Labute approximate surface area is 225 Å². The van der Waals surface area contributed by atoms with Gasteiger partial charge in [0.25, 0.3) is 5.91 Å². The van der Waals surface area contributed by atoms with E-state index in [0.29, 0.717) is 33.0 Å². The maximum atomic E-state index is 13.1. The maximum Gasteiger partial charge on any atom is 0.344 e. The molecular formula is C27H19BrCl2N2O4. The predicted octanol–water partition coefficient (Wildman–Crippen LogP) is 7.29. The van der Waals surface area contributed by atoms with Crippen molar-refractivity contribution in [3.63, 3.8) is 0 Å². The Kier molecular flexibility index (Phi) is 8.25. The number of carbonyl (C=O) groups excluding carboxylic acids is 2. The van der Waals surface area contributed by atoms with Gasteiger partial charge in [-0.1, -0.05) is 59.6 Å². The molecule has 0 saturated carbocycles. The Morgan fingerprint density at radius 3 is 2.56 bits per heavy atom. The van der Waals surface area contributed by atoms with Gasteiger partial charge in [0.15, 0.2) is 11.5 Å². The fourth-order valence-electron chi connectivity index (χ4n) is 3.47. The Hall–Kier alpha value is -3.39. The lowest BCUT2D eigenvalue weighted by molar-refractivity contribution is 0.0729. The molecule has 36 heavy (non-hydrogen) atoms. The van der Waals surface area contributed by atoms with E-state index in [1.165, 1.54) is 18.3 Å². The van der Waals surface area contributed by atoms with Crippen molar-refractivity contribution in [2.24, 2.45) is 5.10 Å². The summed E-state index contributed by atoms with van der Waals surface area (Å²) in [6.45, 7) is 2.17. The first-order valence-electron chi connectivity index (χ1n) is 10.8. The molecule has 0 saturated heterocycles. The molecule has 0 atom stereocenters. The van der Waals surface area contributed by atoms with Crippen molar-refractivity contribution >= 4 is 68.0 Å². The van der Waals surface area contributed by atoms with Gasteiger partial charge in [-0.05, 0) is 75.6 Å². The van der Waals surface area contributed by atoms with Gasteiger partial charge in [-0.2, -0.15) is 5.10 Å². The minimum absolute atomic E-state index is 0.217. The highest BCUT2D eigenvalue weighted by molar-refractivity contribution is 9.10. The van der Waals surface area contributed by atoms with Crippen molar-refractivity contribution in [2.45, 2.75) is 6.92 Å². The third-order valence-electron chi connectivity index (χ3n) is 5.09. The highest BCUT2D eigenvalue weighted by atomic mass is 79.9. The Morgan fingerprint density at radius 1 is 1.00 bits per heavy atom. The summed E-state index contributed by atoms with van der Waals surface area (Å²) in [5, 5.41) is 6.36. The Bertz CT molecular complexity index is 1490. The number of ether oxygens (including phenoxy) is 2. The summed E-state index contributed by atoms with van der Waals surface area (Å²) in [6.07, 6.45) is 1.44. The second kappa shape index (κ2) is 11.6. The van der Waals surface area contributed by atoms with Crippen LogP contribution in [0, 0.1) is 0 Å². The molecule has 4 aromatic carbocycles. The summed E-state index contributed by atoms with van der Waals surface area (Å²) >= 11 is 15.4. The zero-order valence-corrected chi connectivity index (χ0v) is 22.0. The summed E-state index contributed by atoms with van der Waals surface area (Å²) in [4.78, 5) is 25.4. The van der Waals surface area contributed by atoms with Crippen molar-refractivity contribution < 1.29 is 19.1 Å². The molecular weight excluding hydrogens is 567 g/mol. The molecule has 4 rings (SSSR count).